The van der Waals surface area contributed by atoms with Crippen molar-refractivity contribution in [2.75, 3.05) is 17.4 Å². The van der Waals surface area contributed by atoms with Crippen LogP contribution in [-0.4, -0.2) is 44.3 Å². The maximum atomic E-state index is 14.0. The maximum Gasteiger partial charge on any atom is 0.264 e. The van der Waals surface area contributed by atoms with Gasteiger partial charge in [0.1, 0.15) is 12.6 Å². The molecule has 214 valence electrons. The highest BCUT2D eigenvalue weighted by Crippen LogP contribution is 2.28. The van der Waals surface area contributed by atoms with Gasteiger partial charge in [0.2, 0.25) is 11.8 Å². The zero-order valence-corrected chi connectivity index (χ0v) is 25.5. The van der Waals surface area contributed by atoms with Crippen molar-refractivity contribution in [1.29, 1.82) is 0 Å². The van der Waals surface area contributed by atoms with E-state index in [0.717, 1.165) is 22.7 Å². The minimum absolute atomic E-state index is 0.0320. The normalized spacial score (nSPS) is 12.1. The highest BCUT2D eigenvalue weighted by atomic mass is 35.5. The Bertz CT molecular complexity index is 1450. The van der Waals surface area contributed by atoms with Crippen molar-refractivity contribution in [3.8, 4) is 0 Å². The first-order chi connectivity index (χ1) is 18.9. The summed E-state index contributed by atoms with van der Waals surface area (Å²) in [4.78, 5) is 28.5. The van der Waals surface area contributed by atoms with Crippen LogP contribution in [0.4, 0.5) is 5.69 Å². The van der Waals surface area contributed by atoms with Crippen LogP contribution in [0.25, 0.3) is 0 Å². The fraction of sp³-hybridized carbons (Fsp3) is 0.333. The second-order valence-electron chi connectivity index (χ2n) is 9.70. The molecule has 40 heavy (non-hydrogen) atoms. The predicted molar refractivity (Wildman–Crippen MR) is 161 cm³/mol. The van der Waals surface area contributed by atoms with Crippen molar-refractivity contribution in [3.63, 3.8) is 0 Å². The van der Waals surface area contributed by atoms with Gasteiger partial charge in [-0.3, -0.25) is 13.9 Å². The number of carbonyl (C=O) groups excluding carboxylic acids is 2. The Morgan fingerprint density at radius 2 is 1.62 bits per heavy atom. The second-order valence-corrected chi connectivity index (χ2v) is 12.4. The van der Waals surface area contributed by atoms with Gasteiger partial charge in [0.05, 0.1) is 20.6 Å². The van der Waals surface area contributed by atoms with E-state index in [2.05, 4.69) is 5.32 Å². The molecule has 0 fully saturated rings. The molecule has 3 aromatic carbocycles. The number of hydrogen-bond donors (Lipinski definition) is 1. The lowest BCUT2D eigenvalue weighted by molar-refractivity contribution is -0.139. The van der Waals surface area contributed by atoms with E-state index in [1.165, 1.54) is 17.0 Å². The predicted octanol–water partition coefficient (Wildman–Crippen LogP) is 6.14. The molecule has 0 aliphatic heterocycles. The topological polar surface area (TPSA) is 86.8 Å². The number of sulfonamides is 1. The van der Waals surface area contributed by atoms with Crippen molar-refractivity contribution in [2.24, 2.45) is 0 Å². The Labute approximate surface area is 247 Å². The van der Waals surface area contributed by atoms with Gasteiger partial charge in [0.25, 0.3) is 10.0 Å². The van der Waals surface area contributed by atoms with E-state index < -0.39 is 28.5 Å². The van der Waals surface area contributed by atoms with Crippen LogP contribution < -0.4 is 9.62 Å². The molecule has 1 atom stereocenters. The number of hydrogen-bond acceptors (Lipinski definition) is 4. The Kier molecular flexibility index (Phi) is 11.0. The van der Waals surface area contributed by atoms with Crippen LogP contribution in [0.1, 0.15) is 43.4 Å². The van der Waals surface area contributed by atoms with E-state index >= 15 is 0 Å². The summed E-state index contributed by atoms with van der Waals surface area (Å²) in [6.45, 7) is 7.31. The number of nitrogens with one attached hydrogen (secondary N) is 1. The molecule has 0 spiro atoms. The number of unbranched alkanes of at least 4 members (excludes halogenated alkanes) is 1. The number of aryl methyl sites for hydroxylation is 2. The van der Waals surface area contributed by atoms with Crippen molar-refractivity contribution in [2.45, 2.75) is 58.0 Å². The Morgan fingerprint density at radius 1 is 0.950 bits per heavy atom. The molecule has 0 aromatic heterocycles. The number of para-hydroxylation sites is 1. The molecule has 1 unspecified atom stereocenters. The number of benzene rings is 3. The number of amides is 2. The molecule has 0 saturated heterocycles. The molecule has 1 N–H and O–H groups in total. The smallest absolute Gasteiger partial charge is 0.264 e. The highest BCUT2D eigenvalue weighted by molar-refractivity contribution is 7.92. The molecule has 3 aromatic rings. The number of rotatable bonds is 12. The third-order valence-electron chi connectivity index (χ3n) is 6.61. The van der Waals surface area contributed by atoms with E-state index in [-0.39, 0.29) is 17.3 Å². The fourth-order valence-corrected chi connectivity index (χ4v) is 5.95. The SMILES string of the molecule is CCCCNC(=O)C(C)N(Cc1ccc(Cl)c(Cl)c1)C(=O)CN(c1ccccc1C)S(=O)(=O)c1ccc(C)cc1. The van der Waals surface area contributed by atoms with Gasteiger partial charge in [-0.05, 0) is 68.7 Å². The van der Waals surface area contributed by atoms with Crippen LogP contribution in [0.3, 0.4) is 0 Å². The van der Waals surface area contributed by atoms with E-state index in [0.29, 0.717) is 33.4 Å². The maximum absolute atomic E-state index is 14.0. The quantitative estimate of drug-likeness (QED) is 0.252. The molecule has 7 nitrogen and oxygen atoms in total. The molecule has 3 rings (SSSR count). The largest absolute Gasteiger partial charge is 0.354 e. The molecular formula is C30H35Cl2N3O4S. The molecule has 0 radical (unpaired) electrons. The molecule has 0 aliphatic rings. The third-order valence-corrected chi connectivity index (χ3v) is 9.12. The number of halogens is 2. The van der Waals surface area contributed by atoms with E-state index in [4.69, 9.17) is 23.2 Å². The first kappa shape index (κ1) is 31.5. The van der Waals surface area contributed by atoms with Crippen molar-refractivity contribution in [1.82, 2.24) is 10.2 Å². The van der Waals surface area contributed by atoms with Gasteiger partial charge in [-0.2, -0.15) is 0 Å². The summed E-state index contributed by atoms with van der Waals surface area (Å²) in [6.07, 6.45) is 1.71. The molecule has 0 saturated carbocycles. The van der Waals surface area contributed by atoms with Gasteiger partial charge in [-0.25, -0.2) is 8.42 Å². The Hall–Kier alpha value is -3.07. The van der Waals surface area contributed by atoms with Crippen LogP contribution in [0.5, 0.6) is 0 Å². The minimum Gasteiger partial charge on any atom is -0.354 e. The Balaban J connectivity index is 2.02. The molecular weight excluding hydrogens is 569 g/mol. The van der Waals surface area contributed by atoms with Gasteiger partial charge in [-0.15, -0.1) is 0 Å². The summed E-state index contributed by atoms with van der Waals surface area (Å²) in [6, 6.07) is 17.6. The van der Waals surface area contributed by atoms with Crippen molar-refractivity contribution < 1.29 is 18.0 Å². The van der Waals surface area contributed by atoms with Gasteiger partial charge >= 0.3 is 0 Å². The fourth-order valence-electron chi connectivity index (χ4n) is 4.15. The molecule has 2 amide bonds. The van der Waals surface area contributed by atoms with Crippen molar-refractivity contribution in [3.05, 3.63) is 93.5 Å². The van der Waals surface area contributed by atoms with E-state index in [9.17, 15) is 18.0 Å². The zero-order valence-electron chi connectivity index (χ0n) is 23.2. The first-order valence-corrected chi connectivity index (χ1v) is 15.3. The summed E-state index contributed by atoms with van der Waals surface area (Å²) < 4.78 is 28.9. The Morgan fingerprint density at radius 3 is 2.25 bits per heavy atom. The van der Waals surface area contributed by atoms with Crippen molar-refractivity contribution >= 4 is 50.7 Å². The van der Waals surface area contributed by atoms with Gasteiger partial charge in [0, 0.05) is 13.1 Å². The summed E-state index contributed by atoms with van der Waals surface area (Å²) in [5.74, 6) is -0.867. The standard InChI is InChI=1S/C30H35Cl2N3O4S/c1-5-6-17-33-30(37)23(4)34(19-24-13-16-26(31)27(32)18-24)29(36)20-35(28-10-8-7-9-22(28)3)40(38,39)25-14-11-21(2)12-15-25/h7-16,18,23H,5-6,17,19-20H2,1-4H3,(H,33,37). The average molecular weight is 605 g/mol. The lowest BCUT2D eigenvalue weighted by Crippen LogP contribution is -2.51. The van der Waals surface area contributed by atoms with Crippen LogP contribution in [0, 0.1) is 13.8 Å². The average Bonchev–Trinajstić information content (AvgIpc) is 2.92. The second kappa shape index (κ2) is 14.0. The molecule has 10 heteroatoms. The first-order valence-electron chi connectivity index (χ1n) is 13.1. The number of nitrogens with zero attached hydrogens (tertiary/aromatic N) is 2. The van der Waals surface area contributed by atoms with Crippen LogP contribution in [0.15, 0.2) is 71.6 Å². The monoisotopic (exact) mass is 603 g/mol. The van der Waals surface area contributed by atoms with E-state index in [1.807, 2.05) is 13.8 Å². The van der Waals surface area contributed by atoms with Crippen LogP contribution in [0.2, 0.25) is 10.0 Å². The van der Waals surface area contributed by atoms with Gasteiger partial charge in [0.15, 0.2) is 0 Å². The van der Waals surface area contributed by atoms with Gasteiger partial charge in [-0.1, -0.05) is 78.5 Å². The van der Waals surface area contributed by atoms with E-state index in [1.54, 1.807) is 68.4 Å². The summed E-state index contributed by atoms with van der Waals surface area (Å²) in [5, 5.41) is 3.55. The summed E-state index contributed by atoms with van der Waals surface area (Å²) in [7, 11) is -4.12. The molecule has 0 heterocycles. The third kappa shape index (κ3) is 7.77. The molecule has 0 bridgehead atoms. The lowest BCUT2D eigenvalue weighted by Gasteiger charge is -2.32. The lowest BCUT2D eigenvalue weighted by atomic mass is 10.1. The molecule has 0 aliphatic carbocycles. The van der Waals surface area contributed by atoms with Crippen LogP contribution >= 0.6 is 23.2 Å². The number of anilines is 1. The zero-order chi connectivity index (χ0) is 29.4. The highest BCUT2D eigenvalue weighted by Gasteiger charge is 2.33. The minimum atomic E-state index is -4.12. The summed E-state index contributed by atoms with van der Waals surface area (Å²) in [5.41, 5.74) is 2.63. The van der Waals surface area contributed by atoms with Gasteiger partial charge < -0.3 is 10.2 Å². The number of carbonyl (C=O) groups is 2. The van der Waals surface area contributed by atoms with Crippen LogP contribution in [-0.2, 0) is 26.2 Å². The summed E-state index contributed by atoms with van der Waals surface area (Å²) >= 11 is 12.3.